The lowest BCUT2D eigenvalue weighted by molar-refractivity contribution is 0.112. The second-order valence-corrected chi connectivity index (χ2v) is 4.25. The number of aromatic nitrogens is 2. The highest BCUT2D eigenvalue weighted by molar-refractivity contribution is 5.78. The lowest BCUT2D eigenvalue weighted by Crippen LogP contribution is -1.84. The lowest BCUT2D eigenvalue weighted by Gasteiger charge is -1.98. The minimum atomic E-state index is 0.648. The van der Waals surface area contributed by atoms with Crippen molar-refractivity contribution in [3.63, 3.8) is 0 Å². The van der Waals surface area contributed by atoms with Gasteiger partial charge in [0.2, 0.25) is 0 Å². The number of nitrogens with zero attached hydrogens (tertiary/aromatic N) is 1. The molecule has 19 heavy (non-hydrogen) atoms. The van der Waals surface area contributed by atoms with Gasteiger partial charge in [0, 0.05) is 11.1 Å². The summed E-state index contributed by atoms with van der Waals surface area (Å²) in [6, 6.07) is 17.4. The normalized spacial score (nSPS) is 10.3. The molecule has 0 aliphatic heterocycles. The van der Waals surface area contributed by atoms with Crippen LogP contribution in [0.15, 0.2) is 60.8 Å². The molecule has 3 rings (SSSR count). The molecule has 2 aromatic carbocycles. The second kappa shape index (κ2) is 4.90. The van der Waals surface area contributed by atoms with E-state index >= 15 is 0 Å². The fraction of sp³-hybridized carbons (Fsp3) is 0. The molecule has 3 nitrogen and oxygen atoms in total. The van der Waals surface area contributed by atoms with Gasteiger partial charge in [-0.2, -0.15) is 0 Å². The number of carbonyl (C=O) groups is 1. The molecule has 1 N–H and O–H groups in total. The van der Waals surface area contributed by atoms with Crippen LogP contribution in [0.3, 0.4) is 0 Å². The molecule has 0 aliphatic carbocycles. The van der Waals surface area contributed by atoms with Crippen molar-refractivity contribution in [1.82, 2.24) is 9.97 Å². The SMILES string of the molecule is O=Cc1cccc(-c2ncc(-c3ccccc3)[nH]2)c1. The molecule has 0 unspecified atom stereocenters. The van der Waals surface area contributed by atoms with Crippen LogP contribution in [0.5, 0.6) is 0 Å². The van der Waals surface area contributed by atoms with Gasteiger partial charge < -0.3 is 4.98 Å². The summed E-state index contributed by atoms with van der Waals surface area (Å²) in [5, 5.41) is 0. The average molecular weight is 248 g/mol. The van der Waals surface area contributed by atoms with Crippen molar-refractivity contribution >= 4 is 6.29 Å². The van der Waals surface area contributed by atoms with Crippen LogP contribution in [0.1, 0.15) is 10.4 Å². The minimum Gasteiger partial charge on any atom is -0.338 e. The number of hydrogen-bond donors (Lipinski definition) is 1. The predicted molar refractivity (Wildman–Crippen MR) is 74.8 cm³/mol. The van der Waals surface area contributed by atoms with E-state index in [0.29, 0.717) is 5.56 Å². The molecule has 0 amide bonds. The molecular weight excluding hydrogens is 236 g/mol. The van der Waals surface area contributed by atoms with E-state index in [2.05, 4.69) is 9.97 Å². The number of hydrogen-bond acceptors (Lipinski definition) is 2. The summed E-state index contributed by atoms with van der Waals surface area (Å²) in [5.41, 5.74) is 3.61. The summed E-state index contributed by atoms with van der Waals surface area (Å²) < 4.78 is 0. The highest BCUT2D eigenvalue weighted by Gasteiger charge is 2.05. The van der Waals surface area contributed by atoms with Crippen molar-refractivity contribution in [3.05, 3.63) is 66.4 Å². The number of nitrogens with one attached hydrogen (secondary N) is 1. The van der Waals surface area contributed by atoms with E-state index in [9.17, 15) is 4.79 Å². The van der Waals surface area contributed by atoms with Crippen LogP contribution in [0.4, 0.5) is 0 Å². The van der Waals surface area contributed by atoms with Crippen molar-refractivity contribution in [2.45, 2.75) is 0 Å². The summed E-state index contributed by atoms with van der Waals surface area (Å²) in [4.78, 5) is 18.4. The molecular formula is C16H12N2O. The van der Waals surface area contributed by atoms with Gasteiger partial charge in [0.1, 0.15) is 12.1 Å². The van der Waals surface area contributed by atoms with Crippen LogP contribution in [0, 0.1) is 0 Å². The molecule has 3 heteroatoms. The Balaban J connectivity index is 1.99. The van der Waals surface area contributed by atoms with Crippen LogP contribution >= 0.6 is 0 Å². The third-order valence-corrected chi connectivity index (χ3v) is 2.96. The van der Waals surface area contributed by atoms with Crippen molar-refractivity contribution in [2.24, 2.45) is 0 Å². The summed E-state index contributed by atoms with van der Waals surface area (Å²) in [7, 11) is 0. The van der Waals surface area contributed by atoms with E-state index in [1.807, 2.05) is 48.5 Å². The van der Waals surface area contributed by atoms with E-state index < -0.39 is 0 Å². The molecule has 92 valence electrons. The molecule has 3 aromatic rings. The van der Waals surface area contributed by atoms with Gasteiger partial charge >= 0.3 is 0 Å². The molecule has 0 saturated heterocycles. The number of rotatable bonds is 3. The summed E-state index contributed by atoms with van der Waals surface area (Å²) in [6.45, 7) is 0. The first-order valence-electron chi connectivity index (χ1n) is 6.03. The number of aromatic amines is 1. The van der Waals surface area contributed by atoms with Gasteiger partial charge in [-0.15, -0.1) is 0 Å². The summed E-state index contributed by atoms with van der Waals surface area (Å²) >= 11 is 0. The Bertz CT molecular complexity index is 702. The smallest absolute Gasteiger partial charge is 0.150 e. The first-order chi connectivity index (χ1) is 9.36. The van der Waals surface area contributed by atoms with E-state index in [1.165, 1.54) is 0 Å². The van der Waals surface area contributed by atoms with Gasteiger partial charge in [0.15, 0.2) is 0 Å². The molecule has 0 aliphatic rings. The number of aldehydes is 1. The standard InChI is InChI=1S/C16H12N2O/c19-11-12-5-4-8-14(9-12)16-17-10-15(18-16)13-6-2-1-3-7-13/h1-11H,(H,17,18). The Hall–Kier alpha value is -2.68. The van der Waals surface area contributed by atoms with Crippen LogP contribution in [0.2, 0.25) is 0 Å². The number of imidazole rings is 1. The van der Waals surface area contributed by atoms with Gasteiger partial charge in [0.25, 0.3) is 0 Å². The average Bonchev–Trinajstić information content (AvgIpc) is 2.98. The second-order valence-electron chi connectivity index (χ2n) is 4.25. The van der Waals surface area contributed by atoms with Crippen LogP contribution in [-0.2, 0) is 0 Å². The third kappa shape index (κ3) is 2.31. The molecule has 0 saturated carbocycles. The van der Waals surface area contributed by atoms with Gasteiger partial charge in [0.05, 0.1) is 11.9 Å². The van der Waals surface area contributed by atoms with Crippen molar-refractivity contribution < 1.29 is 4.79 Å². The van der Waals surface area contributed by atoms with E-state index in [4.69, 9.17) is 0 Å². The van der Waals surface area contributed by atoms with Crippen LogP contribution < -0.4 is 0 Å². The first kappa shape index (κ1) is 11.4. The molecule has 1 heterocycles. The fourth-order valence-electron chi connectivity index (χ4n) is 1.99. The molecule has 1 aromatic heterocycles. The molecule has 0 fully saturated rings. The largest absolute Gasteiger partial charge is 0.338 e. The van der Waals surface area contributed by atoms with Crippen molar-refractivity contribution in [3.8, 4) is 22.6 Å². The molecule has 0 bridgehead atoms. The zero-order valence-corrected chi connectivity index (χ0v) is 10.2. The Morgan fingerprint density at radius 3 is 2.53 bits per heavy atom. The third-order valence-electron chi connectivity index (χ3n) is 2.96. The van der Waals surface area contributed by atoms with Crippen LogP contribution in [-0.4, -0.2) is 16.3 Å². The maximum Gasteiger partial charge on any atom is 0.150 e. The van der Waals surface area contributed by atoms with Gasteiger partial charge in [-0.25, -0.2) is 4.98 Å². The lowest BCUT2D eigenvalue weighted by atomic mass is 10.1. The van der Waals surface area contributed by atoms with Crippen LogP contribution in [0.25, 0.3) is 22.6 Å². The first-order valence-corrected chi connectivity index (χ1v) is 6.03. The van der Waals surface area contributed by atoms with E-state index in [1.54, 1.807) is 12.3 Å². The molecule has 0 spiro atoms. The maximum atomic E-state index is 10.8. The Morgan fingerprint density at radius 2 is 1.74 bits per heavy atom. The summed E-state index contributed by atoms with van der Waals surface area (Å²) in [6.07, 6.45) is 2.64. The number of benzene rings is 2. The van der Waals surface area contributed by atoms with Gasteiger partial charge in [-0.1, -0.05) is 48.5 Å². The zero-order chi connectivity index (χ0) is 13.1. The Labute approximate surface area is 111 Å². The van der Waals surface area contributed by atoms with E-state index in [-0.39, 0.29) is 0 Å². The van der Waals surface area contributed by atoms with Gasteiger partial charge in [-0.05, 0) is 11.6 Å². The highest BCUT2D eigenvalue weighted by atomic mass is 16.1. The summed E-state index contributed by atoms with van der Waals surface area (Å²) in [5.74, 6) is 0.766. The molecule has 0 atom stereocenters. The Kier molecular flexibility index (Phi) is 2.94. The predicted octanol–water partition coefficient (Wildman–Crippen LogP) is 3.56. The number of H-pyrrole nitrogens is 1. The maximum absolute atomic E-state index is 10.8. The molecule has 0 radical (unpaired) electrons. The quantitative estimate of drug-likeness (QED) is 0.720. The minimum absolute atomic E-state index is 0.648. The number of carbonyl (C=O) groups excluding carboxylic acids is 1. The fourth-order valence-corrected chi connectivity index (χ4v) is 1.99. The zero-order valence-electron chi connectivity index (χ0n) is 10.2. The van der Waals surface area contributed by atoms with E-state index in [0.717, 1.165) is 28.9 Å². The Morgan fingerprint density at radius 1 is 0.947 bits per heavy atom. The monoisotopic (exact) mass is 248 g/mol. The van der Waals surface area contributed by atoms with Crippen molar-refractivity contribution in [1.29, 1.82) is 0 Å². The van der Waals surface area contributed by atoms with Gasteiger partial charge in [-0.3, -0.25) is 4.79 Å². The highest BCUT2D eigenvalue weighted by Crippen LogP contribution is 2.22. The topological polar surface area (TPSA) is 45.8 Å². The van der Waals surface area contributed by atoms with Crippen molar-refractivity contribution in [2.75, 3.05) is 0 Å².